The van der Waals surface area contributed by atoms with Crippen molar-refractivity contribution in [2.45, 2.75) is 17.7 Å². The lowest BCUT2D eigenvalue weighted by molar-refractivity contribution is -0.136. The standard InChI is InChI=1S/C10H15NO4S2/c1-7-8(6-9(13)14)17-10(11-7)16-5-4-15-3-2-12/h12H,2-6H2,1H3,(H,13,14). The monoisotopic (exact) mass is 277 g/mol. The maximum absolute atomic E-state index is 10.6. The summed E-state index contributed by atoms with van der Waals surface area (Å²) in [6, 6.07) is 0. The van der Waals surface area contributed by atoms with Crippen molar-refractivity contribution in [3.8, 4) is 0 Å². The largest absolute Gasteiger partial charge is 0.481 e. The Bertz CT molecular complexity index is 367. The van der Waals surface area contributed by atoms with E-state index < -0.39 is 5.97 Å². The van der Waals surface area contributed by atoms with Crippen LogP contribution in [-0.4, -0.2) is 46.7 Å². The van der Waals surface area contributed by atoms with Crippen LogP contribution in [0.15, 0.2) is 4.34 Å². The van der Waals surface area contributed by atoms with E-state index in [0.717, 1.165) is 20.7 Å². The first-order chi connectivity index (χ1) is 8.13. The molecule has 0 atom stereocenters. The highest BCUT2D eigenvalue weighted by atomic mass is 32.2. The predicted octanol–water partition coefficient (Wildman–Crippen LogP) is 1.18. The molecule has 0 amide bonds. The van der Waals surface area contributed by atoms with E-state index in [0.29, 0.717) is 13.2 Å². The molecule has 1 aromatic heterocycles. The van der Waals surface area contributed by atoms with Gasteiger partial charge in [-0.1, -0.05) is 11.8 Å². The number of aliphatic carboxylic acids is 1. The molecule has 0 saturated heterocycles. The summed E-state index contributed by atoms with van der Waals surface area (Å²) in [7, 11) is 0. The normalized spacial score (nSPS) is 10.7. The number of rotatable bonds is 8. The van der Waals surface area contributed by atoms with Gasteiger partial charge in [0, 0.05) is 10.6 Å². The fourth-order valence-electron chi connectivity index (χ4n) is 1.12. The van der Waals surface area contributed by atoms with Gasteiger partial charge in [-0.05, 0) is 6.92 Å². The minimum atomic E-state index is -0.834. The summed E-state index contributed by atoms with van der Waals surface area (Å²) in [4.78, 5) is 15.7. The van der Waals surface area contributed by atoms with Gasteiger partial charge in [-0.3, -0.25) is 4.79 Å². The van der Waals surface area contributed by atoms with Crippen LogP contribution in [0, 0.1) is 6.92 Å². The Kier molecular flexibility index (Phi) is 6.49. The Labute approximate surface area is 108 Å². The average Bonchev–Trinajstić information content (AvgIpc) is 2.58. The van der Waals surface area contributed by atoms with Crippen molar-refractivity contribution in [1.82, 2.24) is 4.98 Å². The highest BCUT2D eigenvalue weighted by molar-refractivity contribution is 8.01. The number of nitrogens with zero attached hydrogens (tertiary/aromatic N) is 1. The second-order valence-electron chi connectivity index (χ2n) is 3.24. The van der Waals surface area contributed by atoms with Crippen LogP contribution in [0.5, 0.6) is 0 Å². The molecular weight excluding hydrogens is 262 g/mol. The highest BCUT2D eigenvalue weighted by Crippen LogP contribution is 2.27. The lowest BCUT2D eigenvalue weighted by Gasteiger charge is -1.99. The minimum absolute atomic E-state index is 0.0315. The van der Waals surface area contributed by atoms with Crippen molar-refractivity contribution in [2.75, 3.05) is 25.6 Å². The second kappa shape index (κ2) is 7.65. The van der Waals surface area contributed by atoms with E-state index in [2.05, 4.69) is 4.98 Å². The Morgan fingerprint density at radius 1 is 1.53 bits per heavy atom. The number of aliphatic hydroxyl groups is 1. The Morgan fingerprint density at radius 2 is 2.29 bits per heavy atom. The quantitative estimate of drug-likeness (QED) is 0.548. The highest BCUT2D eigenvalue weighted by Gasteiger charge is 2.10. The molecule has 1 heterocycles. The molecule has 0 unspecified atom stereocenters. The number of aryl methyl sites for hydroxylation is 1. The molecule has 1 aromatic rings. The first-order valence-electron chi connectivity index (χ1n) is 5.13. The molecule has 7 heteroatoms. The van der Waals surface area contributed by atoms with Gasteiger partial charge in [0.05, 0.1) is 31.9 Å². The molecule has 17 heavy (non-hydrogen) atoms. The maximum Gasteiger partial charge on any atom is 0.308 e. The van der Waals surface area contributed by atoms with Crippen LogP contribution < -0.4 is 0 Å². The molecule has 5 nitrogen and oxygen atoms in total. The molecule has 0 aliphatic heterocycles. The average molecular weight is 277 g/mol. The maximum atomic E-state index is 10.6. The number of aromatic nitrogens is 1. The fraction of sp³-hybridized carbons (Fsp3) is 0.600. The zero-order valence-electron chi connectivity index (χ0n) is 9.51. The number of thioether (sulfide) groups is 1. The molecule has 0 aliphatic carbocycles. The third-order valence-electron chi connectivity index (χ3n) is 1.87. The molecule has 2 N–H and O–H groups in total. The van der Waals surface area contributed by atoms with Crippen molar-refractivity contribution in [2.24, 2.45) is 0 Å². The van der Waals surface area contributed by atoms with Gasteiger partial charge in [0.2, 0.25) is 0 Å². The van der Waals surface area contributed by atoms with Gasteiger partial charge >= 0.3 is 5.97 Å². The van der Waals surface area contributed by atoms with Crippen LogP contribution >= 0.6 is 23.1 Å². The summed E-state index contributed by atoms with van der Waals surface area (Å²) in [6.07, 6.45) is 0.0328. The number of carbonyl (C=O) groups is 1. The number of ether oxygens (including phenoxy) is 1. The smallest absolute Gasteiger partial charge is 0.308 e. The number of thiazole rings is 1. The van der Waals surface area contributed by atoms with Crippen molar-refractivity contribution < 1.29 is 19.7 Å². The number of hydrogen-bond donors (Lipinski definition) is 2. The van der Waals surface area contributed by atoms with Crippen LogP contribution in [0.2, 0.25) is 0 Å². The number of carboxylic acid groups (broad SMARTS) is 1. The van der Waals surface area contributed by atoms with E-state index in [-0.39, 0.29) is 13.0 Å². The number of hydrogen-bond acceptors (Lipinski definition) is 6. The minimum Gasteiger partial charge on any atom is -0.481 e. The summed E-state index contributed by atoms with van der Waals surface area (Å²) in [5.74, 6) is -0.0843. The topological polar surface area (TPSA) is 79.7 Å². The third kappa shape index (κ3) is 5.49. The fourth-order valence-corrected chi connectivity index (χ4v) is 3.27. The van der Waals surface area contributed by atoms with E-state index >= 15 is 0 Å². The van der Waals surface area contributed by atoms with E-state index in [4.69, 9.17) is 14.9 Å². The number of carboxylic acids is 1. The molecule has 0 fully saturated rings. The molecule has 96 valence electrons. The van der Waals surface area contributed by atoms with E-state index in [9.17, 15) is 4.79 Å². The third-order valence-corrected chi connectivity index (χ3v) is 4.14. The molecule has 0 saturated carbocycles. The van der Waals surface area contributed by atoms with Crippen LogP contribution in [0.1, 0.15) is 10.6 Å². The summed E-state index contributed by atoms with van der Waals surface area (Å²) >= 11 is 2.96. The lowest BCUT2D eigenvalue weighted by Crippen LogP contribution is -2.02. The van der Waals surface area contributed by atoms with Gasteiger partial charge in [0.1, 0.15) is 4.34 Å². The van der Waals surface area contributed by atoms with Gasteiger partial charge in [-0.2, -0.15) is 0 Å². The molecule has 0 radical (unpaired) electrons. The molecule has 0 aliphatic rings. The zero-order valence-corrected chi connectivity index (χ0v) is 11.1. The van der Waals surface area contributed by atoms with Crippen molar-refractivity contribution >= 4 is 29.1 Å². The Balaban J connectivity index is 2.36. The van der Waals surface area contributed by atoms with Gasteiger partial charge < -0.3 is 14.9 Å². The van der Waals surface area contributed by atoms with E-state index in [1.807, 2.05) is 6.92 Å². The van der Waals surface area contributed by atoms with Crippen molar-refractivity contribution in [1.29, 1.82) is 0 Å². The van der Waals surface area contributed by atoms with Crippen LogP contribution in [0.3, 0.4) is 0 Å². The molecule has 0 bridgehead atoms. The van der Waals surface area contributed by atoms with Crippen molar-refractivity contribution in [3.05, 3.63) is 10.6 Å². The second-order valence-corrected chi connectivity index (χ2v) is 5.67. The summed E-state index contributed by atoms with van der Waals surface area (Å²) in [5.41, 5.74) is 0.788. The summed E-state index contributed by atoms with van der Waals surface area (Å²) in [5, 5.41) is 17.2. The van der Waals surface area contributed by atoms with Crippen LogP contribution in [-0.2, 0) is 16.0 Å². The molecule has 1 rings (SSSR count). The molecule has 0 aromatic carbocycles. The first kappa shape index (κ1) is 14.4. The van der Waals surface area contributed by atoms with E-state index in [1.165, 1.54) is 11.3 Å². The van der Waals surface area contributed by atoms with Gasteiger partial charge in [0.25, 0.3) is 0 Å². The zero-order chi connectivity index (χ0) is 12.7. The Morgan fingerprint density at radius 3 is 2.94 bits per heavy atom. The number of aliphatic hydroxyl groups excluding tert-OH is 1. The summed E-state index contributed by atoms with van der Waals surface area (Å²) < 4.78 is 5.99. The van der Waals surface area contributed by atoms with E-state index in [1.54, 1.807) is 11.8 Å². The van der Waals surface area contributed by atoms with Crippen LogP contribution in [0.25, 0.3) is 0 Å². The van der Waals surface area contributed by atoms with Crippen LogP contribution in [0.4, 0.5) is 0 Å². The SMILES string of the molecule is Cc1nc(SCCOCCO)sc1CC(=O)O. The van der Waals surface area contributed by atoms with Gasteiger partial charge in [-0.25, -0.2) is 4.98 Å². The Hall–Kier alpha value is -0.630. The predicted molar refractivity (Wildman–Crippen MR) is 66.8 cm³/mol. The van der Waals surface area contributed by atoms with Crippen molar-refractivity contribution in [3.63, 3.8) is 0 Å². The van der Waals surface area contributed by atoms with Gasteiger partial charge in [0.15, 0.2) is 0 Å². The lowest BCUT2D eigenvalue weighted by atomic mass is 10.3. The molecule has 0 spiro atoms. The molecular formula is C10H15NO4S2. The first-order valence-corrected chi connectivity index (χ1v) is 6.93. The summed E-state index contributed by atoms with van der Waals surface area (Å²) in [6.45, 7) is 2.75. The van der Waals surface area contributed by atoms with Gasteiger partial charge in [-0.15, -0.1) is 11.3 Å².